The molecule has 1 atom stereocenters. The molecule has 0 spiro atoms. The van der Waals surface area contributed by atoms with E-state index in [0.717, 1.165) is 16.8 Å². The number of thiazole rings is 1. The van der Waals surface area contributed by atoms with E-state index in [9.17, 15) is 8.78 Å². The maximum atomic E-state index is 13.9. The summed E-state index contributed by atoms with van der Waals surface area (Å²) in [6.07, 6.45) is 1.47. The maximum Gasteiger partial charge on any atom is 0.152 e. The molecule has 0 aliphatic carbocycles. The van der Waals surface area contributed by atoms with E-state index in [-0.39, 0.29) is 11.6 Å². The van der Waals surface area contributed by atoms with Crippen molar-refractivity contribution in [3.05, 3.63) is 52.1 Å². The number of rotatable bonds is 5. The zero-order valence-electron chi connectivity index (χ0n) is 13.6. The van der Waals surface area contributed by atoms with Crippen LogP contribution in [0.1, 0.15) is 23.7 Å². The van der Waals surface area contributed by atoms with Gasteiger partial charge in [-0.05, 0) is 19.1 Å². The first kappa shape index (κ1) is 16.7. The van der Waals surface area contributed by atoms with Gasteiger partial charge in [0.2, 0.25) is 0 Å². The number of fused-ring (bicyclic) bond motifs is 1. The Hall–Kier alpha value is -2.12. The van der Waals surface area contributed by atoms with E-state index in [4.69, 9.17) is 4.74 Å². The first-order valence-electron chi connectivity index (χ1n) is 7.41. The van der Waals surface area contributed by atoms with Crippen LogP contribution in [0.3, 0.4) is 0 Å². The van der Waals surface area contributed by atoms with Crippen LogP contribution in [-0.4, -0.2) is 24.1 Å². The lowest BCUT2D eigenvalue weighted by molar-refractivity contribution is 0.119. The van der Waals surface area contributed by atoms with Gasteiger partial charge in [-0.25, -0.2) is 13.8 Å². The summed E-state index contributed by atoms with van der Waals surface area (Å²) in [6.45, 7) is 2.46. The van der Waals surface area contributed by atoms with Gasteiger partial charge in [-0.15, -0.1) is 11.3 Å². The van der Waals surface area contributed by atoms with E-state index in [2.05, 4.69) is 9.97 Å². The average molecular weight is 349 g/mol. The Labute approximate surface area is 142 Å². The van der Waals surface area contributed by atoms with E-state index in [1.165, 1.54) is 23.6 Å². The summed E-state index contributed by atoms with van der Waals surface area (Å²) in [5.74, 6) is -1.28. The lowest BCUT2D eigenvalue weighted by Gasteiger charge is -2.20. The molecule has 0 bridgehead atoms. The highest BCUT2D eigenvalue weighted by Crippen LogP contribution is 2.29. The van der Waals surface area contributed by atoms with E-state index in [1.807, 2.05) is 24.3 Å². The van der Waals surface area contributed by atoms with Gasteiger partial charge in [0.05, 0.1) is 12.2 Å². The van der Waals surface area contributed by atoms with Crippen molar-refractivity contribution in [3.63, 3.8) is 0 Å². The third-order valence-corrected chi connectivity index (χ3v) is 4.88. The molecule has 1 aromatic carbocycles. The second kappa shape index (κ2) is 6.78. The molecule has 24 heavy (non-hydrogen) atoms. The second-order valence-electron chi connectivity index (χ2n) is 5.52. The minimum Gasteiger partial charge on any atom is -0.375 e. The van der Waals surface area contributed by atoms with Gasteiger partial charge >= 0.3 is 0 Å². The van der Waals surface area contributed by atoms with Gasteiger partial charge in [-0.3, -0.25) is 4.98 Å². The molecule has 0 aliphatic rings. The average Bonchev–Trinajstić information content (AvgIpc) is 3.02. The Bertz CT molecular complexity index is 868. The Balaban J connectivity index is 1.91. The van der Waals surface area contributed by atoms with Crippen LogP contribution in [0.15, 0.2) is 29.8 Å². The summed E-state index contributed by atoms with van der Waals surface area (Å²) in [7, 11) is 3.50. The lowest BCUT2D eigenvalue weighted by atomic mass is 10.1. The molecule has 0 radical (unpaired) electrons. The number of benzene rings is 1. The number of anilines is 1. The Morgan fingerprint density at radius 2 is 2.12 bits per heavy atom. The van der Waals surface area contributed by atoms with Crippen molar-refractivity contribution in [2.24, 2.45) is 0 Å². The Morgan fingerprint density at radius 3 is 2.88 bits per heavy atom. The zero-order valence-corrected chi connectivity index (χ0v) is 14.4. The van der Waals surface area contributed by atoms with Gasteiger partial charge in [-0.2, -0.15) is 0 Å². The first-order chi connectivity index (χ1) is 11.5. The number of methoxy groups -OCH3 is 1. The van der Waals surface area contributed by atoms with Crippen LogP contribution in [0, 0.1) is 11.6 Å². The molecule has 1 unspecified atom stereocenters. The fraction of sp³-hybridized carbons (Fsp3) is 0.294. The van der Waals surface area contributed by atoms with Crippen LogP contribution in [0.4, 0.5) is 14.5 Å². The van der Waals surface area contributed by atoms with Gasteiger partial charge in [0.25, 0.3) is 0 Å². The number of aromatic nitrogens is 2. The molecule has 0 fully saturated rings. The molecule has 7 heteroatoms. The molecule has 0 saturated heterocycles. The highest BCUT2D eigenvalue weighted by atomic mass is 32.1. The minimum atomic E-state index is -0.662. The third kappa shape index (κ3) is 3.22. The topological polar surface area (TPSA) is 38.2 Å². The Morgan fingerprint density at radius 1 is 1.33 bits per heavy atom. The van der Waals surface area contributed by atoms with Crippen LogP contribution >= 0.6 is 11.3 Å². The Kier molecular flexibility index (Phi) is 4.73. The normalized spacial score (nSPS) is 12.5. The number of pyridine rings is 1. The highest BCUT2D eigenvalue weighted by molar-refractivity contribution is 7.09. The number of halogens is 2. The van der Waals surface area contributed by atoms with Gasteiger partial charge in [-0.1, -0.05) is 0 Å². The van der Waals surface area contributed by atoms with Gasteiger partial charge in [0, 0.05) is 42.9 Å². The van der Waals surface area contributed by atoms with Crippen molar-refractivity contribution in [3.8, 4) is 0 Å². The summed E-state index contributed by atoms with van der Waals surface area (Å²) in [5, 5.41) is 3.31. The van der Waals surface area contributed by atoms with Gasteiger partial charge < -0.3 is 9.64 Å². The quantitative estimate of drug-likeness (QED) is 0.688. The minimum absolute atomic E-state index is 0.0565. The highest BCUT2D eigenvalue weighted by Gasteiger charge is 2.14. The van der Waals surface area contributed by atoms with Crippen molar-refractivity contribution in [1.29, 1.82) is 0 Å². The van der Waals surface area contributed by atoms with E-state index in [0.29, 0.717) is 17.6 Å². The summed E-state index contributed by atoms with van der Waals surface area (Å²) >= 11 is 1.53. The van der Waals surface area contributed by atoms with Gasteiger partial charge in [0.15, 0.2) is 5.82 Å². The van der Waals surface area contributed by atoms with E-state index in [1.54, 1.807) is 13.2 Å². The predicted molar refractivity (Wildman–Crippen MR) is 91.3 cm³/mol. The molecule has 0 amide bonds. The molecular weight excluding hydrogens is 332 g/mol. The SMILES string of the molecule is COC(C)c1nc(CN(C)c2ccnc3c(F)cc(F)cc23)cs1. The van der Waals surface area contributed by atoms with Gasteiger partial charge in [0.1, 0.15) is 22.4 Å². The standard InChI is InChI=1S/C17H17F2N3OS/c1-10(23-3)17-21-12(9-24-17)8-22(2)15-4-5-20-16-13(15)6-11(18)7-14(16)19/h4-7,9-10H,8H2,1-3H3. The van der Waals surface area contributed by atoms with Crippen molar-refractivity contribution >= 4 is 27.9 Å². The molecule has 0 N–H and O–H groups in total. The summed E-state index contributed by atoms with van der Waals surface area (Å²) < 4.78 is 32.8. The fourth-order valence-corrected chi connectivity index (χ4v) is 3.35. The lowest BCUT2D eigenvalue weighted by Crippen LogP contribution is -2.17. The van der Waals surface area contributed by atoms with Crippen molar-refractivity contribution in [2.75, 3.05) is 19.1 Å². The third-order valence-electron chi connectivity index (χ3n) is 3.82. The van der Waals surface area contributed by atoms with Crippen molar-refractivity contribution < 1.29 is 13.5 Å². The molecule has 0 aliphatic heterocycles. The summed E-state index contributed by atoms with van der Waals surface area (Å²) in [6, 6.07) is 3.89. The molecule has 2 heterocycles. The molecule has 126 valence electrons. The molecular formula is C17H17F2N3OS. The van der Waals surface area contributed by atoms with Crippen LogP contribution < -0.4 is 4.90 Å². The van der Waals surface area contributed by atoms with E-state index >= 15 is 0 Å². The summed E-state index contributed by atoms with van der Waals surface area (Å²) in [5.41, 5.74) is 1.74. The fourth-order valence-electron chi connectivity index (χ4n) is 2.51. The summed E-state index contributed by atoms with van der Waals surface area (Å²) in [4.78, 5) is 10.5. The molecule has 2 aromatic heterocycles. The molecule has 3 aromatic rings. The first-order valence-corrected chi connectivity index (χ1v) is 8.29. The predicted octanol–water partition coefficient (Wildman–Crippen LogP) is 4.31. The monoisotopic (exact) mass is 349 g/mol. The van der Waals surface area contributed by atoms with Crippen LogP contribution in [0.5, 0.6) is 0 Å². The number of hydrogen-bond donors (Lipinski definition) is 0. The van der Waals surface area contributed by atoms with Crippen LogP contribution in [0.25, 0.3) is 10.9 Å². The van der Waals surface area contributed by atoms with Crippen LogP contribution in [-0.2, 0) is 11.3 Å². The number of nitrogens with zero attached hydrogens (tertiary/aromatic N) is 3. The molecule has 0 saturated carbocycles. The number of ether oxygens (including phenoxy) is 1. The van der Waals surface area contributed by atoms with E-state index < -0.39 is 11.6 Å². The smallest absolute Gasteiger partial charge is 0.152 e. The second-order valence-corrected chi connectivity index (χ2v) is 6.41. The van der Waals surface area contributed by atoms with Crippen LogP contribution in [0.2, 0.25) is 0 Å². The van der Waals surface area contributed by atoms with Crippen molar-refractivity contribution in [1.82, 2.24) is 9.97 Å². The largest absolute Gasteiger partial charge is 0.375 e. The zero-order chi connectivity index (χ0) is 17.3. The molecule has 3 rings (SSSR count). The molecule has 4 nitrogen and oxygen atoms in total. The number of hydrogen-bond acceptors (Lipinski definition) is 5. The van der Waals surface area contributed by atoms with Crippen molar-refractivity contribution in [2.45, 2.75) is 19.6 Å². The maximum absolute atomic E-state index is 13.9.